The first kappa shape index (κ1) is 44.3. The van der Waals surface area contributed by atoms with E-state index in [9.17, 15) is 40.9 Å². The second-order valence-electron chi connectivity index (χ2n) is 20.7. The SMILES string of the molecule is CC1CCC2(OC1)OC1CC3C4CC=C5CC(O)CC(OC6OC(C)C(O)C(OC7OCC(O)C(O)C7O)C6OC6OC(C)C(O)C(O)C6O)C5(C)C4CCC3(C)C1C2C. The number of ether oxygens (including phenoxy) is 8. The van der Waals surface area contributed by atoms with E-state index in [1.54, 1.807) is 6.92 Å². The minimum Gasteiger partial charge on any atom is -0.393 e. The van der Waals surface area contributed by atoms with Crippen molar-refractivity contribution in [1.82, 2.24) is 0 Å². The van der Waals surface area contributed by atoms with E-state index in [4.69, 9.17) is 37.9 Å². The highest BCUT2D eigenvalue weighted by Gasteiger charge is 2.69. The number of rotatable bonds is 6. The molecule has 5 aliphatic heterocycles. The van der Waals surface area contributed by atoms with Crippen molar-refractivity contribution >= 4 is 0 Å². The van der Waals surface area contributed by atoms with Gasteiger partial charge in [-0.15, -0.1) is 0 Å². The second-order valence-corrected chi connectivity index (χ2v) is 20.7. The summed E-state index contributed by atoms with van der Waals surface area (Å²) in [5, 5.41) is 86.8. The van der Waals surface area contributed by atoms with Gasteiger partial charge < -0.3 is 78.7 Å². The molecule has 4 aliphatic carbocycles. The van der Waals surface area contributed by atoms with Gasteiger partial charge in [0.2, 0.25) is 0 Å². The molecule has 26 unspecified atom stereocenters. The van der Waals surface area contributed by atoms with Gasteiger partial charge in [-0.25, -0.2) is 0 Å². The molecule has 0 bridgehead atoms. The molecule has 342 valence electrons. The van der Waals surface area contributed by atoms with Crippen molar-refractivity contribution < 1.29 is 78.7 Å². The van der Waals surface area contributed by atoms with E-state index in [0.717, 1.165) is 50.7 Å². The first-order valence-corrected chi connectivity index (χ1v) is 22.7. The zero-order chi connectivity index (χ0) is 42.8. The Bertz CT molecular complexity index is 1580. The maximum atomic E-state index is 11.6. The van der Waals surface area contributed by atoms with E-state index in [1.165, 1.54) is 6.92 Å². The molecule has 0 aromatic carbocycles. The molecule has 3 saturated carbocycles. The lowest BCUT2D eigenvalue weighted by Gasteiger charge is -2.60. The quantitative estimate of drug-likeness (QED) is 0.173. The fourth-order valence-electron chi connectivity index (χ4n) is 13.8. The Morgan fingerprint density at radius 3 is 2.12 bits per heavy atom. The molecule has 26 atom stereocenters. The van der Waals surface area contributed by atoms with Crippen LogP contribution in [0.1, 0.15) is 92.9 Å². The van der Waals surface area contributed by atoms with Crippen LogP contribution in [0.3, 0.4) is 0 Å². The summed E-state index contributed by atoms with van der Waals surface area (Å²) in [5.41, 5.74) is 0.681. The predicted molar refractivity (Wildman–Crippen MR) is 208 cm³/mol. The van der Waals surface area contributed by atoms with E-state index in [1.807, 2.05) is 0 Å². The number of fused-ring (bicyclic) bond motifs is 7. The largest absolute Gasteiger partial charge is 0.393 e. The maximum Gasteiger partial charge on any atom is 0.187 e. The molecule has 16 heteroatoms. The Morgan fingerprint density at radius 2 is 1.38 bits per heavy atom. The third-order valence-electron chi connectivity index (χ3n) is 17.3. The summed E-state index contributed by atoms with van der Waals surface area (Å²) in [6.07, 6.45) is -12.0. The van der Waals surface area contributed by atoms with Crippen LogP contribution in [0.2, 0.25) is 0 Å². The number of aliphatic hydroxyl groups excluding tert-OH is 8. The van der Waals surface area contributed by atoms with Crippen LogP contribution in [0.5, 0.6) is 0 Å². The number of hydrogen-bond donors (Lipinski definition) is 8. The number of allylic oxidation sites excluding steroid dienone is 1. The zero-order valence-corrected chi connectivity index (χ0v) is 35.8. The van der Waals surface area contributed by atoms with Crippen molar-refractivity contribution in [1.29, 1.82) is 0 Å². The van der Waals surface area contributed by atoms with Gasteiger partial charge in [-0.05, 0) is 87.4 Å². The Labute approximate surface area is 352 Å². The Kier molecular flexibility index (Phi) is 12.0. The number of aliphatic hydroxyl groups is 8. The minimum absolute atomic E-state index is 0.0699. The van der Waals surface area contributed by atoms with E-state index in [0.29, 0.717) is 30.1 Å². The van der Waals surface area contributed by atoms with Crippen LogP contribution in [0.15, 0.2) is 11.6 Å². The molecule has 5 heterocycles. The van der Waals surface area contributed by atoms with Gasteiger partial charge in [-0.3, -0.25) is 0 Å². The van der Waals surface area contributed by atoms with Gasteiger partial charge in [-0.2, -0.15) is 0 Å². The lowest BCUT2D eigenvalue weighted by atomic mass is 9.46. The fraction of sp³-hybridized carbons (Fsp3) is 0.955. The molecule has 0 amide bonds. The normalized spacial score (nSPS) is 59.2. The average Bonchev–Trinajstić information content (AvgIpc) is 3.66. The van der Waals surface area contributed by atoms with Gasteiger partial charge >= 0.3 is 0 Å². The van der Waals surface area contributed by atoms with Crippen LogP contribution in [-0.2, 0) is 37.9 Å². The second kappa shape index (κ2) is 16.2. The van der Waals surface area contributed by atoms with Gasteiger partial charge in [0.1, 0.15) is 54.9 Å². The van der Waals surface area contributed by atoms with Gasteiger partial charge in [-0.1, -0.05) is 39.3 Å². The minimum atomic E-state index is -1.72. The van der Waals surface area contributed by atoms with Gasteiger partial charge in [0.05, 0.1) is 43.7 Å². The highest BCUT2D eigenvalue weighted by atomic mass is 16.8. The lowest BCUT2D eigenvalue weighted by molar-refractivity contribution is -0.391. The molecular formula is C44H70O16. The van der Waals surface area contributed by atoms with E-state index in [2.05, 4.69) is 33.8 Å². The van der Waals surface area contributed by atoms with Crippen LogP contribution in [0, 0.1) is 46.3 Å². The summed E-state index contributed by atoms with van der Waals surface area (Å²) in [4.78, 5) is 0. The van der Waals surface area contributed by atoms with Crippen LogP contribution >= 0.6 is 0 Å². The van der Waals surface area contributed by atoms with Crippen molar-refractivity contribution in [2.45, 2.75) is 203 Å². The fourth-order valence-corrected chi connectivity index (χ4v) is 13.8. The molecule has 1 spiro atoms. The highest BCUT2D eigenvalue weighted by molar-refractivity contribution is 5.29. The third kappa shape index (κ3) is 7.01. The summed E-state index contributed by atoms with van der Waals surface area (Å²) in [7, 11) is 0. The highest BCUT2D eigenvalue weighted by Crippen LogP contribution is 2.71. The van der Waals surface area contributed by atoms with Crippen molar-refractivity contribution in [3.05, 3.63) is 11.6 Å². The Morgan fingerprint density at radius 1 is 0.683 bits per heavy atom. The molecule has 9 aliphatic rings. The predicted octanol–water partition coefficient (Wildman–Crippen LogP) is 0.852. The summed E-state index contributed by atoms with van der Waals surface area (Å²) >= 11 is 0. The first-order valence-electron chi connectivity index (χ1n) is 22.7. The van der Waals surface area contributed by atoms with Crippen molar-refractivity contribution in [2.75, 3.05) is 13.2 Å². The Hall–Kier alpha value is -0.900. The standard InChI is InChI=1S/C44H70O16/c1-18-9-12-44(54-16-18)19(2)30-28(60-44)15-26-24-8-7-22-13-23(45)14-29(43(22,6)25(24)10-11-42(26,30)5)57-41-38(59-40-36(52)34(50)31(47)20(3)55-40)37(32(48)21(4)56-41)58-39-35(51)33(49)27(46)17-53-39/h7,18-21,23-41,45-52H,8-17H2,1-6H3. The monoisotopic (exact) mass is 854 g/mol. The van der Waals surface area contributed by atoms with E-state index in [-0.39, 0.29) is 36.4 Å². The first-order chi connectivity index (χ1) is 28.4. The number of hydrogen-bond acceptors (Lipinski definition) is 16. The average molecular weight is 855 g/mol. The van der Waals surface area contributed by atoms with E-state index >= 15 is 0 Å². The topological polar surface area (TPSA) is 236 Å². The van der Waals surface area contributed by atoms with Gasteiger partial charge in [0, 0.05) is 24.2 Å². The van der Waals surface area contributed by atoms with Gasteiger partial charge in [0.25, 0.3) is 0 Å². The van der Waals surface area contributed by atoms with Crippen molar-refractivity contribution in [2.24, 2.45) is 46.3 Å². The van der Waals surface area contributed by atoms with Crippen LogP contribution < -0.4 is 0 Å². The molecule has 0 aromatic rings. The van der Waals surface area contributed by atoms with Crippen LogP contribution in [0.25, 0.3) is 0 Å². The molecule has 60 heavy (non-hydrogen) atoms. The van der Waals surface area contributed by atoms with Crippen LogP contribution in [0.4, 0.5) is 0 Å². The molecule has 8 N–H and O–H groups in total. The smallest absolute Gasteiger partial charge is 0.187 e. The van der Waals surface area contributed by atoms with Crippen LogP contribution in [-0.4, -0.2) is 164 Å². The summed E-state index contributed by atoms with van der Waals surface area (Å²) in [5.74, 6) is 1.67. The van der Waals surface area contributed by atoms with Crippen molar-refractivity contribution in [3.63, 3.8) is 0 Å². The van der Waals surface area contributed by atoms with Crippen molar-refractivity contribution in [3.8, 4) is 0 Å². The molecule has 5 saturated heterocycles. The molecule has 0 radical (unpaired) electrons. The third-order valence-corrected chi connectivity index (χ3v) is 17.3. The van der Waals surface area contributed by atoms with E-state index < -0.39 is 109 Å². The molecular weight excluding hydrogens is 784 g/mol. The lowest BCUT2D eigenvalue weighted by Crippen LogP contribution is -2.66. The maximum absolute atomic E-state index is 11.6. The summed E-state index contributed by atoms with van der Waals surface area (Å²) in [6, 6.07) is 0. The Balaban J connectivity index is 1.01. The molecule has 8 fully saturated rings. The van der Waals surface area contributed by atoms with Gasteiger partial charge in [0.15, 0.2) is 24.7 Å². The molecule has 0 aromatic heterocycles. The summed E-state index contributed by atoms with van der Waals surface area (Å²) < 4.78 is 51.1. The summed E-state index contributed by atoms with van der Waals surface area (Å²) in [6.45, 7) is 12.8. The molecule has 9 rings (SSSR count). The zero-order valence-electron chi connectivity index (χ0n) is 35.8. The molecule has 16 nitrogen and oxygen atoms in total.